The molecule has 1 aliphatic carbocycles. The Kier molecular flexibility index (Phi) is 6.13. The molecule has 5 heteroatoms. The minimum absolute atomic E-state index is 0.0917. The van der Waals surface area contributed by atoms with Crippen molar-refractivity contribution in [2.24, 2.45) is 5.92 Å². The van der Waals surface area contributed by atoms with Gasteiger partial charge in [0, 0.05) is 5.57 Å². The molecule has 0 saturated carbocycles. The molecule has 0 radical (unpaired) electrons. The molecule has 2 bridgehead atoms. The van der Waals surface area contributed by atoms with Crippen LogP contribution in [0.15, 0.2) is 23.8 Å². The van der Waals surface area contributed by atoms with Gasteiger partial charge in [-0.15, -0.1) is 0 Å². The van der Waals surface area contributed by atoms with Gasteiger partial charge in [0.15, 0.2) is 0 Å². The van der Waals surface area contributed by atoms with Gasteiger partial charge in [0.2, 0.25) is 0 Å². The van der Waals surface area contributed by atoms with Crippen LogP contribution in [0.1, 0.15) is 65.7 Å². The minimum atomic E-state index is -1.13. The third kappa shape index (κ3) is 5.16. The zero-order valence-electron chi connectivity index (χ0n) is 15.6. The Morgan fingerprint density at radius 2 is 1.92 bits per heavy atom. The van der Waals surface area contributed by atoms with Crippen LogP contribution in [0.4, 0.5) is 0 Å². The first-order valence-electron chi connectivity index (χ1n) is 9.21. The first-order valence-corrected chi connectivity index (χ1v) is 9.21. The fourth-order valence-corrected chi connectivity index (χ4v) is 3.69. The van der Waals surface area contributed by atoms with Crippen molar-refractivity contribution >= 4 is 5.97 Å². The first-order chi connectivity index (χ1) is 11.5. The fourth-order valence-electron chi connectivity index (χ4n) is 3.69. The number of ether oxygens (including phenoxy) is 1. The molecule has 25 heavy (non-hydrogen) atoms. The summed E-state index contributed by atoms with van der Waals surface area (Å²) in [4.78, 5) is 12.1. The van der Waals surface area contributed by atoms with E-state index in [1.54, 1.807) is 13.8 Å². The summed E-state index contributed by atoms with van der Waals surface area (Å²) in [7, 11) is 0. The van der Waals surface area contributed by atoms with Crippen molar-refractivity contribution in [3.63, 3.8) is 0 Å². The molecule has 1 fully saturated rings. The maximum absolute atomic E-state index is 12.1. The predicted molar refractivity (Wildman–Crippen MR) is 95.8 cm³/mol. The molecule has 5 atom stereocenters. The summed E-state index contributed by atoms with van der Waals surface area (Å²) >= 11 is 0. The normalized spacial score (nSPS) is 43.6. The van der Waals surface area contributed by atoms with E-state index >= 15 is 0 Å². The topological polar surface area (TPSA) is 87.0 Å². The zero-order valence-corrected chi connectivity index (χ0v) is 15.6. The molecule has 2 rings (SSSR count). The lowest BCUT2D eigenvalue weighted by molar-refractivity contribution is -0.168. The lowest BCUT2D eigenvalue weighted by Crippen LogP contribution is -2.47. The molecule has 0 aromatic carbocycles. The van der Waals surface area contributed by atoms with E-state index in [0.29, 0.717) is 50.5 Å². The van der Waals surface area contributed by atoms with E-state index in [-0.39, 0.29) is 5.92 Å². The summed E-state index contributed by atoms with van der Waals surface area (Å²) in [5.74, 6) is -0.543. The van der Waals surface area contributed by atoms with Gasteiger partial charge >= 0.3 is 5.97 Å². The number of carbonyl (C=O) groups excluding carboxylic acids is 1. The molecule has 142 valence electrons. The van der Waals surface area contributed by atoms with E-state index in [1.807, 2.05) is 13.0 Å². The van der Waals surface area contributed by atoms with E-state index in [1.165, 1.54) is 0 Å². The third-order valence-corrected chi connectivity index (χ3v) is 5.80. The maximum atomic E-state index is 12.1. The lowest BCUT2D eigenvalue weighted by atomic mass is 9.79. The van der Waals surface area contributed by atoms with Crippen LogP contribution in [-0.4, -0.2) is 44.7 Å². The summed E-state index contributed by atoms with van der Waals surface area (Å²) in [6.07, 6.45) is 4.42. The average molecular weight is 352 g/mol. The molecule has 0 amide bonds. The minimum Gasteiger partial charge on any atom is -0.456 e. The molecule has 1 saturated heterocycles. The van der Waals surface area contributed by atoms with Crippen LogP contribution in [0.5, 0.6) is 0 Å². The van der Waals surface area contributed by atoms with Crippen LogP contribution in [0, 0.1) is 5.92 Å². The number of rotatable bonds is 0. The second kappa shape index (κ2) is 7.60. The van der Waals surface area contributed by atoms with Crippen LogP contribution in [0.2, 0.25) is 0 Å². The summed E-state index contributed by atoms with van der Waals surface area (Å²) in [6, 6.07) is 0. The molecule has 0 unspecified atom stereocenters. The number of allylic oxidation sites excluding steroid dienone is 1. The number of fused-ring (bicyclic) bond motifs is 2. The van der Waals surface area contributed by atoms with Gasteiger partial charge in [0.25, 0.3) is 0 Å². The molecule has 2 aliphatic rings. The van der Waals surface area contributed by atoms with Crippen molar-refractivity contribution in [3.05, 3.63) is 23.8 Å². The van der Waals surface area contributed by atoms with Crippen molar-refractivity contribution in [1.82, 2.24) is 0 Å². The quantitative estimate of drug-likeness (QED) is 0.354. The second-order valence-corrected chi connectivity index (χ2v) is 8.30. The Morgan fingerprint density at radius 1 is 1.24 bits per heavy atom. The summed E-state index contributed by atoms with van der Waals surface area (Å²) < 4.78 is 5.42. The number of aliphatic hydroxyl groups is 3. The number of hydrogen-bond donors (Lipinski definition) is 3. The molecule has 1 aliphatic heterocycles. The lowest BCUT2D eigenvalue weighted by Gasteiger charge is -2.39. The molecular formula is C20H32O5. The average Bonchev–Trinajstić information content (AvgIpc) is 2.52. The fraction of sp³-hybridized carbons (Fsp3) is 0.750. The highest BCUT2D eigenvalue weighted by atomic mass is 16.6. The predicted octanol–water partition coefficient (Wildman–Crippen LogP) is 2.64. The summed E-state index contributed by atoms with van der Waals surface area (Å²) in [5.41, 5.74) is -0.752. The smallest absolute Gasteiger partial charge is 0.334 e. The van der Waals surface area contributed by atoms with Gasteiger partial charge in [0.1, 0.15) is 6.10 Å². The Balaban J connectivity index is 2.26. The first kappa shape index (κ1) is 20.1. The van der Waals surface area contributed by atoms with Crippen LogP contribution in [-0.2, 0) is 9.53 Å². The second-order valence-electron chi connectivity index (χ2n) is 8.30. The molecule has 0 aromatic heterocycles. The number of carbonyl (C=O) groups is 1. The van der Waals surface area contributed by atoms with Crippen LogP contribution >= 0.6 is 0 Å². The Bertz CT molecular complexity index is 546. The van der Waals surface area contributed by atoms with E-state index in [4.69, 9.17) is 4.74 Å². The molecule has 0 aromatic rings. The molecule has 3 N–H and O–H groups in total. The van der Waals surface area contributed by atoms with Gasteiger partial charge < -0.3 is 20.1 Å². The van der Waals surface area contributed by atoms with Gasteiger partial charge in [0.05, 0.1) is 17.3 Å². The van der Waals surface area contributed by atoms with Crippen LogP contribution < -0.4 is 0 Å². The summed E-state index contributed by atoms with van der Waals surface area (Å²) in [6.45, 7) is 9.17. The molecular weight excluding hydrogens is 320 g/mol. The Hall–Kier alpha value is -1.17. The van der Waals surface area contributed by atoms with Crippen molar-refractivity contribution in [1.29, 1.82) is 0 Å². The van der Waals surface area contributed by atoms with Gasteiger partial charge in [-0.25, -0.2) is 4.79 Å². The largest absolute Gasteiger partial charge is 0.456 e. The number of aliphatic hydroxyl groups excluding tert-OH is 1. The zero-order chi connectivity index (χ0) is 18.8. The number of hydrogen-bond acceptors (Lipinski definition) is 5. The van der Waals surface area contributed by atoms with Gasteiger partial charge in [-0.3, -0.25) is 0 Å². The Morgan fingerprint density at radius 3 is 2.60 bits per heavy atom. The van der Waals surface area contributed by atoms with Crippen molar-refractivity contribution in [3.8, 4) is 0 Å². The van der Waals surface area contributed by atoms with E-state index in [0.717, 1.165) is 5.57 Å². The van der Waals surface area contributed by atoms with Crippen LogP contribution in [0.25, 0.3) is 0 Å². The van der Waals surface area contributed by atoms with Gasteiger partial charge in [-0.05, 0) is 77.2 Å². The standard InChI is InChI=1S/C20H32O5/c1-13-6-7-15-12-17(25-18(22)14(15)2)20(4,24)10-5-9-19(3,23)11-8-16(13)21/h6,15-17,21,23-24H,2,5,7-12H2,1,3-4H3/b13-6+/t15-,16+,17-,19-,20-/m1/s1. The monoisotopic (exact) mass is 352 g/mol. The highest BCUT2D eigenvalue weighted by Gasteiger charge is 2.42. The van der Waals surface area contributed by atoms with Gasteiger partial charge in [-0.2, -0.15) is 0 Å². The SMILES string of the molecule is C=C1C(=O)O[C@@H]2C[C@H]1C/C=C(\C)[C@@H](O)CC[C@](C)(O)CCC[C@@]2(C)O. The third-order valence-electron chi connectivity index (χ3n) is 5.80. The maximum Gasteiger partial charge on any atom is 0.334 e. The van der Waals surface area contributed by atoms with E-state index in [2.05, 4.69) is 6.58 Å². The van der Waals surface area contributed by atoms with Crippen molar-refractivity contribution in [2.75, 3.05) is 0 Å². The van der Waals surface area contributed by atoms with Gasteiger partial charge in [-0.1, -0.05) is 12.7 Å². The molecule has 1 heterocycles. The highest BCUT2D eigenvalue weighted by Crippen LogP contribution is 2.36. The Labute approximate surface area is 150 Å². The van der Waals surface area contributed by atoms with Crippen LogP contribution in [0.3, 0.4) is 0 Å². The molecule has 5 nitrogen and oxygen atoms in total. The molecule has 0 spiro atoms. The highest BCUT2D eigenvalue weighted by molar-refractivity contribution is 5.89. The van der Waals surface area contributed by atoms with E-state index in [9.17, 15) is 20.1 Å². The number of esters is 1. The van der Waals surface area contributed by atoms with Crippen molar-refractivity contribution < 1.29 is 24.9 Å². The van der Waals surface area contributed by atoms with Crippen molar-refractivity contribution in [2.45, 2.75) is 89.1 Å². The van der Waals surface area contributed by atoms with E-state index < -0.39 is 29.4 Å². The summed E-state index contributed by atoms with van der Waals surface area (Å²) in [5, 5.41) is 31.6.